The number of fused-ring (bicyclic) bond motifs is 1. The molecule has 0 saturated carbocycles. The van der Waals surface area contributed by atoms with E-state index in [1.165, 1.54) is 18.2 Å². The molecule has 2 heterocycles. The minimum absolute atomic E-state index is 0.160. The van der Waals surface area contributed by atoms with Crippen LogP contribution >= 0.6 is 0 Å². The highest BCUT2D eigenvalue weighted by atomic mass is 19.4. The van der Waals surface area contributed by atoms with Gasteiger partial charge in [-0.25, -0.2) is 0 Å². The minimum atomic E-state index is -4.53. The molecule has 34 heavy (non-hydrogen) atoms. The summed E-state index contributed by atoms with van der Waals surface area (Å²) in [4.78, 5) is 41.5. The van der Waals surface area contributed by atoms with Crippen molar-refractivity contribution in [3.63, 3.8) is 0 Å². The summed E-state index contributed by atoms with van der Waals surface area (Å²) in [5.41, 5.74) is 0.282. The van der Waals surface area contributed by atoms with Crippen LogP contribution in [0.2, 0.25) is 0 Å². The molecule has 7 nitrogen and oxygen atoms in total. The predicted octanol–water partition coefficient (Wildman–Crippen LogP) is 2.83. The molecule has 1 atom stereocenters. The van der Waals surface area contributed by atoms with Crippen molar-refractivity contribution in [2.24, 2.45) is 5.92 Å². The van der Waals surface area contributed by atoms with Crippen LogP contribution in [-0.4, -0.2) is 54.0 Å². The second-order valence-corrected chi connectivity index (χ2v) is 8.39. The number of hydrogen-bond acceptors (Lipinski definition) is 5. The van der Waals surface area contributed by atoms with Gasteiger partial charge in [-0.1, -0.05) is 18.2 Å². The van der Waals surface area contributed by atoms with E-state index in [4.69, 9.17) is 5.11 Å². The Kier molecular flexibility index (Phi) is 6.60. The van der Waals surface area contributed by atoms with Crippen molar-refractivity contribution in [2.45, 2.75) is 25.6 Å². The molecule has 1 fully saturated rings. The Morgan fingerprint density at radius 1 is 1.12 bits per heavy atom. The first kappa shape index (κ1) is 23.7. The number of nitrogens with one attached hydrogen (secondary N) is 1. The van der Waals surface area contributed by atoms with E-state index in [1.807, 2.05) is 4.90 Å². The van der Waals surface area contributed by atoms with Crippen LogP contribution < -0.4 is 10.2 Å². The highest BCUT2D eigenvalue weighted by molar-refractivity contribution is 6.23. The fourth-order valence-corrected chi connectivity index (χ4v) is 4.48. The molecule has 0 aliphatic carbocycles. The molecule has 2 N–H and O–H groups in total. The maximum absolute atomic E-state index is 13.3. The van der Waals surface area contributed by atoms with Crippen LogP contribution in [0.15, 0.2) is 42.5 Å². The Balaban J connectivity index is 1.57. The summed E-state index contributed by atoms with van der Waals surface area (Å²) >= 11 is 0. The summed E-state index contributed by atoms with van der Waals surface area (Å²) in [6.45, 7) is 0.667. The molecule has 1 saturated heterocycles. The number of carbonyl (C=O) groups excluding carboxylic acids is 3. The third kappa shape index (κ3) is 4.63. The van der Waals surface area contributed by atoms with Crippen LogP contribution in [0.5, 0.6) is 0 Å². The SMILES string of the molecule is O=C(NCCO)C1CCCN(c2cccc3c2C(=O)N(Cc2cccc(C(F)(F)F)c2)C3=O)C1. The molecular formula is C24H24F3N3O4. The Labute approximate surface area is 194 Å². The van der Waals surface area contributed by atoms with Crippen LogP contribution in [-0.2, 0) is 17.5 Å². The molecule has 10 heteroatoms. The van der Waals surface area contributed by atoms with Gasteiger partial charge in [0.05, 0.1) is 41.4 Å². The Bertz CT molecular complexity index is 1120. The molecule has 0 aromatic heterocycles. The topological polar surface area (TPSA) is 89.9 Å². The molecule has 4 rings (SSSR count). The maximum Gasteiger partial charge on any atom is 0.416 e. The largest absolute Gasteiger partial charge is 0.416 e. The van der Waals surface area contributed by atoms with Gasteiger partial charge in [0.15, 0.2) is 0 Å². The quantitative estimate of drug-likeness (QED) is 0.628. The van der Waals surface area contributed by atoms with Gasteiger partial charge in [0.2, 0.25) is 5.91 Å². The van der Waals surface area contributed by atoms with E-state index in [9.17, 15) is 27.6 Å². The van der Waals surface area contributed by atoms with E-state index in [-0.39, 0.29) is 48.2 Å². The van der Waals surface area contributed by atoms with Crippen molar-refractivity contribution in [1.29, 1.82) is 0 Å². The fourth-order valence-electron chi connectivity index (χ4n) is 4.48. The molecule has 2 aromatic carbocycles. The number of halogens is 3. The standard InChI is InChI=1S/C24H24F3N3O4/c25-24(26,27)17-6-1-4-15(12-17)13-30-22(33)18-7-2-8-19(20(18)23(30)34)29-10-3-5-16(14-29)21(32)28-9-11-31/h1-2,4,6-8,12,16,31H,3,5,9-11,13-14H2,(H,28,32). The van der Waals surface area contributed by atoms with E-state index in [1.54, 1.807) is 12.1 Å². The summed E-state index contributed by atoms with van der Waals surface area (Å²) in [6.07, 6.45) is -3.16. The number of anilines is 1. The predicted molar refractivity (Wildman–Crippen MR) is 117 cm³/mol. The molecule has 0 bridgehead atoms. The van der Waals surface area contributed by atoms with Crippen LogP contribution in [0.1, 0.15) is 44.7 Å². The van der Waals surface area contributed by atoms with E-state index in [0.717, 1.165) is 17.0 Å². The molecule has 2 aromatic rings. The Hall–Kier alpha value is -3.40. The smallest absolute Gasteiger partial charge is 0.395 e. The summed E-state index contributed by atoms with van der Waals surface area (Å²) in [6, 6.07) is 9.46. The van der Waals surface area contributed by atoms with Gasteiger partial charge in [-0.3, -0.25) is 19.3 Å². The lowest BCUT2D eigenvalue weighted by atomic mass is 9.95. The summed E-state index contributed by atoms with van der Waals surface area (Å²) in [5.74, 6) is -1.64. The van der Waals surface area contributed by atoms with Crippen LogP contribution in [0.4, 0.5) is 18.9 Å². The van der Waals surface area contributed by atoms with Crippen molar-refractivity contribution in [3.8, 4) is 0 Å². The first-order valence-electron chi connectivity index (χ1n) is 11.0. The van der Waals surface area contributed by atoms with Crippen LogP contribution in [0.25, 0.3) is 0 Å². The number of amides is 3. The molecule has 0 radical (unpaired) electrons. The highest BCUT2D eigenvalue weighted by Gasteiger charge is 2.40. The number of nitrogens with zero attached hydrogens (tertiary/aromatic N) is 2. The lowest BCUT2D eigenvalue weighted by molar-refractivity contribution is -0.137. The average Bonchev–Trinajstić information content (AvgIpc) is 3.07. The van der Waals surface area contributed by atoms with Gasteiger partial charge in [0.25, 0.3) is 11.8 Å². The first-order chi connectivity index (χ1) is 16.2. The number of rotatable bonds is 6. The summed E-state index contributed by atoms with van der Waals surface area (Å²) in [5, 5.41) is 11.6. The lowest BCUT2D eigenvalue weighted by Gasteiger charge is -2.34. The van der Waals surface area contributed by atoms with Gasteiger partial charge in [-0.2, -0.15) is 13.2 Å². The number of benzene rings is 2. The van der Waals surface area contributed by atoms with Crippen LogP contribution in [0.3, 0.4) is 0 Å². The zero-order valence-corrected chi connectivity index (χ0v) is 18.3. The van der Waals surface area contributed by atoms with Gasteiger partial charge in [-0.05, 0) is 42.7 Å². The number of hydrogen-bond donors (Lipinski definition) is 2. The van der Waals surface area contributed by atoms with E-state index in [2.05, 4.69) is 5.32 Å². The molecule has 3 amide bonds. The fraction of sp³-hybridized carbons (Fsp3) is 0.375. The Morgan fingerprint density at radius 3 is 2.62 bits per heavy atom. The summed E-state index contributed by atoms with van der Waals surface area (Å²) in [7, 11) is 0. The number of imide groups is 1. The molecule has 1 unspecified atom stereocenters. The average molecular weight is 475 g/mol. The van der Waals surface area contributed by atoms with Gasteiger partial charge in [-0.15, -0.1) is 0 Å². The second-order valence-electron chi connectivity index (χ2n) is 8.39. The molecule has 2 aliphatic heterocycles. The molecule has 2 aliphatic rings. The van der Waals surface area contributed by atoms with Crippen molar-refractivity contribution in [2.75, 3.05) is 31.1 Å². The number of aliphatic hydroxyl groups excluding tert-OH is 1. The number of piperidine rings is 1. The van der Waals surface area contributed by atoms with Crippen molar-refractivity contribution >= 4 is 23.4 Å². The van der Waals surface area contributed by atoms with E-state index in [0.29, 0.717) is 31.6 Å². The summed E-state index contributed by atoms with van der Waals surface area (Å²) < 4.78 is 39.2. The first-order valence-corrected chi connectivity index (χ1v) is 11.0. The molecule has 0 spiro atoms. The van der Waals surface area contributed by atoms with Crippen molar-refractivity contribution in [3.05, 3.63) is 64.7 Å². The van der Waals surface area contributed by atoms with Crippen LogP contribution in [0, 0.1) is 5.92 Å². The van der Waals surface area contributed by atoms with Gasteiger partial charge >= 0.3 is 6.18 Å². The normalized spacial score (nSPS) is 18.3. The molecular weight excluding hydrogens is 451 g/mol. The second kappa shape index (κ2) is 9.46. The third-order valence-corrected chi connectivity index (χ3v) is 6.12. The number of aliphatic hydroxyl groups is 1. The highest BCUT2D eigenvalue weighted by Crippen LogP contribution is 2.35. The zero-order chi connectivity index (χ0) is 24.5. The third-order valence-electron chi connectivity index (χ3n) is 6.12. The van der Waals surface area contributed by atoms with Gasteiger partial charge in [0.1, 0.15) is 0 Å². The lowest BCUT2D eigenvalue weighted by Crippen LogP contribution is -2.44. The molecule has 180 valence electrons. The zero-order valence-electron chi connectivity index (χ0n) is 18.3. The van der Waals surface area contributed by atoms with Gasteiger partial charge < -0.3 is 15.3 Å². The van der Waals surface area contributed by atoms with E-state index >= 15 is 0 Å². The van der Waals surface area contributed by atoms with E-state index < -0.39 is 23.6 Å². The van der Waals surface area contributed by atoms with Gasteiger partial charge in [0, 0.05) is 19.6 Å². The maximum atomic E-state index is 13.3. The number of carbonyl (C=O) groups is 3. The number of alkyl halides is 3. The monoisotopic (exact) mass is 475 g/mol. The van der Waals surface area contributed by atoms with Crippen molar-refractivity contribution in [1.82, 2.24) is 10.2 Å². The minimum Gasteiger partial charge on any atom is -0.395 e. The Morgan fingerprint density at radius 2 is 1.88 bits per heavy atom. The van der Waals surface area contributed by atoms with Crippen molar-refractivity contribution < 1.29 is 32.7 Å².